The number of benzene rings is 2. The molecule has 2 aromatic rings. The van der Waals surface area contributed by atoms with Crippen molar-refractivity contribution in [2.75, 3.05) is 10.2 Å². The molecule has 3 atom stereocenters. The van der Waals surface area contributed by atoms with Gasteiger partial charge in [-0.2, -0.15) is 0 Å². The molecule has 1 fully saturated rings. The second-order valence-electron chi connectivity index (χ2n) is 8.33. The van der Waals surface area contributed by atoms with Crippen LogP contribution in [0.2, 0.25) is 0 Å². The Morgan fingerprint density at radius 2 is 1.71 bits per heavy atom. The number of nitrogens with zero attached hydrogens (tertiary/aromatic N) is 1. The number of hydrogen-bond donors (Lipinski definition) is 1. The summed E-state index contributed by atoms with van der Waals surface area (Å²) in [5, 5.41) is 3.06. The zero-order chi connectivity index (χ0) is 22.1. The smallest absolute Gasteiger partial charge is 0.255 e. The Morgan fingerprint density at radius 3 is 2.35 bits per heavy atom. The molecule has 1 N–H and O–H groups in total. The van der Waals surface area contributed by atoms with Crippen molar-refractivity contribution in [1.82, 2.24) is 0 Å². The van der Waals surface area contributed by atoms with Crippen LogP contribution in [0.3, 0.4) is 0 Å². The fourth-order valence-corrected chi connectivity index (χ4v) is 4.78. The van der Waals surface area contributed by atoms with Gasteiger partial charge in [0, 0.05) is 11.3 Å². The van der Waals surface area contributed by atoms with Gasteiger partial charge in [0.2, 0.25) is 11.8 Å². The number of nitrogens with one attached hydrogen (secondary N) is 1. The van der Waals surface area contributed by atoms with Gasteiger partial charge in [0.05, 0.1) is 17.5 Å². The molecule has 0 saturated carbocycles. The lowest BCUT2D eigenvalue weighted by atomic mass is 9.78. The maximum atomic E-state index is 13.1. The van der Waals surface area contributed by atoms with Crippen molar-refractivity contribution in [2.45, 2.75) is 40.0 Å². The Labute approximate surface area is 183 Å². The number of rotatable bonds is 5. The van der Waals surface area contributed by atoms with Gasteiger partial charge in [0.1, 0.15) is 0 Å². The van der Waals surface area contributed by atoms with Crippen LogP contribution in [0.5, 0.6) is 0 Å². The molecule has 1 saturated heterocycles. The van der Waals surface area contributed by atoms with Crippen LogP contribution in [0, 0.1) is 17.8 Å². The summed E-state index contributed by atoms with van der Waals surface area (Å²) in [6.07, 6.45) is 6.21. The molecule has 3 amide bonds. The summed E-state index contributed by atoms with van der Waals surface area (Å²) in [6.45, 7) is 6.10. The summed E-state index contributed by atoms with van der Waals surface area (Å²) in [7, 11) is 0. The largest absolute Gasteiger partial charge is 0.321 e. The zero-order valence-electron chi connectivity index (χ0n) is 18.2. The monoisotopic (exact) mass is 416 g/mol. The van der Waals surface area contributed by atoms with Crippen molar-refractivity contribution in [3.63, 3.8) is 0 Å². The molecule has 5 heteroatoms. The van der Waals surface area contributed by atoms with Crippen LogP contribution in [0.1, 0.15) is 48.7 Å². The Balaban J connectivity index is 1.62. The average Bonchev–Trinajstić information content (AvgIpc) is 3.05. The van der Waals surface area contributed by atoms with Gasteiger partial charge >= 0.3 is 0 Å². The third-order valence-electron chi connectivity index (χ3n) is 6.48. The number of hydrogen-bond acceptors (Lipinski definition) is 3. The van der Waals surface area contributed by atoms with Gasteiger partial charge < -0.3 is 5.32 Å². The van der Waals surface area contributed by atoms with Crippen LogP contribution in [-0.4, -0.2) is 17.7 Å². The highest BCUT2D eigenvalue weighted by Crippen LogP contribution is 2.40. The lowest BCUT2D eigenvalue weighted by Crippen LogP contribution is -2.31. The minimum Gasteiger partial charge on any atom is -0.321 e. The lowest BCUT2D eigenvalue weighted by molar-refractivity contribution is -0.122. The molecule has 2 aromatic carbocycles. The molecule has 0 radical (unpaired) electrons. The Kier molecular flexibility index (Phi) is 5.77. The number of carbonyl (C=O) groups excluding carboxylic acids is 3. The molecule has 0 aromatic heterocycles. The van der Waals surface area contributed by atoms with Crippen LogP contribution in [-0.2, 0) is 22.4 Å². The molecule has 0 unspecified atom stereocenters. The van der Waals surface area contributed by atoms with Gasteiger partial charge in [-0.25, -0.2) is 0 Å². The fraction of sp³-hybridized carbons (Fsp3) is 0.346. The number of carbonyl (C=O) groups is 3. The summed E-state index contributed by atoms with van der Waals surface area (Å²) in [5.74, 6) is -1.19. The standard InChI is InChI=1S/C26H28N2O3/c1-4-17-10-7-11-18(5-2)23(17)27-24(29)19-12-8-13-20(15-19)28-25(30)21-14-6-9-16(3)22(21)26(28)31/h6-13,15-16,21-22H,4-5,14H2,1-3H3,(H,27,29)/t16-,21+,22+/m1/s1. The molecule has 2 aliphatic rings. The predicted octanol–water partition coefficient (Wildman–Crippen LogP) is 4.77. The van der Waals surface area contributed by atoms with Crippen LogP contribution in [0.25, 0.3) is 0 Å². The highest BCUT2D eigenvalue weighted by atomic mass is 16.2. The first-order chi connectivity index (χ1) is 15.0. The minimum absolute atomic E-state index is 0.0321. The topological polar surface area (TPSA) is 66.5 Å². The van der Waals surface area contributed by atoms with E-state index in [2.05, 4.69) is 19.2 Å². The van der Waals surface area contributed by atoms with Crippen molar-refractivity contribution < 1.29 is 14.4 Å². The Hall–Kier alpha value is -3.21. The SMILES string of the molecule is CCc1cccc(CC)c1NC(=O)c1cccc(N2C(=O)[C@H]3[C@H](C)C=CC[C@@H]3C2=O)c1. The summed E-state index contributed by atoms with van der Waals surface area (Å²) < 4.78 is 0. The fourth-order valence-electron chi connectivity index (χ4n) is 4.78. The summed E-state index contributed by atoms with van der Waals surface area (Å²) in [4.78, 5) is 40.4. The molecule has 1 heterocycles. The molecular weight excluding hydrogens is 388 g/mol. The number of anilines is 2. The first-order valence-corrected chi connectivity index (χ1v) is 11.0. The van der Waals surface area contributed by atoms with Gasteiger partial charge in [0.15, 0.2) is 0 Å². The third-order valence-corrected chi connectivity index (χ3v) is 6.48. The van der Waals surface area contributed by atoms with E-state index in [1.165, 1.54) is 4.90 Å². The second kappa shape index (κ2) is 8.50. The van der Waals surface area contributed by atoms with Gasteiger partial charge in [-0.3, -0.25) is 19.3 Å². The van der Waals surface area contributed by atoms with E-state index in [1.807, 2.05) is 37.3 Å². The number of aryl methyl sites for hydroxylation is 2. The molecule has 4 rings (SSSR count). The number of imide groups is 1. The van der Waals surface area contributed by atoms with Gasteiger partial charge in [0.25, 0.3) is 5.91 Å². The first kappa shape index (κ1) is 21.0. The van der Waals surface area contributed by atoms with Crippen molar-refractivity contribution >= 4 is 29.1 Å². The second-order valence-corrected chi connectivity index (χ2v) is 8.33. The third kappa shape index (κ3) is 3.69. The van der Waals surface area contributed by atoms with E-state index < -0.39 is 0 Å². The molecular formula is C26H28N2O3. The van der Waals surface area contributed by atoms with Crippen molar-refractivity contribution in [1.29, 1.82) is 0 Å². The highest BCUT2D eigenvalue weighted by molar-refractivity contribution is 6.22. The average molecular weight is 417 g/mol. The van der Waals surface area contributed by atoms with Crippen LogP contribution in [0.4, 0.5) is 11.4 Å². The molecule has 1 aliphatic carbocycles. The van der Waals surface area contributed by atoms with E-state index in [4.69, 9.17) is 0 Å². The van der Waals surface area contributed by atoms with E-state index in [-0.39, 0.29) is 35.5 Å². The van der Waals surface area contributed by atoms with Gasteiger partial charge in [-0.1, -0.05) is 57.2 Å². The summed E-state index contributed by atoms with van der Waals surface area (Å²) >= 11 is 0. The van der Waals surface area contributed by atoms with Crippen molar-refractivity contribution in [3.05, 3.63) is 71.3 Å². The molecule has 5 nitrogen and oxygen atoms in total. The normalized spacial score (nSPS) is 22.5. The lowest BCUT2D eigenvalue weighted by Gasteiger charge is -2.22. The highest BCUT2D eigenvalue weighted by Gasteiger charge is 2.50. The molecule has 31 heavy (non-hydrogen) atoms. The number of fused-ring (bicyclic) bond motifs is 1. The van der Waals surface area contributed by atoms with Crippen molar-refractivity contribution in [2.24, 2.45) is 17.8 Å². The van der Waals surface area contributed by atoms with E-state index in [0.717, 1.165) is 29.7 Å². The maximum Gasteiger partial charge on any atom is 0.255 e. The summed E-state index contributed by atoms with van der Waals surface area (Å²) in [5.41, 5.74) is 3.90. The van der Waals surface area contributed by atoms with Crippen LogP contribution >= 0.6 is 0 Å². The van der Waals surface area contributed by atoms with E-state index >= 15 is 0 Å². The first-order valence-electron chi connectivity index (χ1n) is 11.0. The Morgan fingerprint density at radius 1 is 1.03 bits per heavy atom. The van der Waals surface area contributed by atoms with Crippen LogP contribution < -0.4 is 10.2 Å². The summed E-state index contributed by atoms with van der Waals surface area (Å²) in [6, 6.07) is 12.8. The van der Waals surface area contributed by atoms with E-state index in [9.17, 15) is 14.4 Å². The minimum atomic E-state index is -0.321. The Bertz CT molecular complexity index is 1050. The quantitative estimate of drug-likeness (QED) is 0.564. The molecule has 0 bridgehead atoms. The van der Waals surface area contributed by atoms with E-state index in [1.54, 1.807) is 24.3 Å². The van der Waals surface area contributed by atoms with Gasteiger partial charge in [-0.15, -0.1) is 0 Å². The number of para-hydroxylation sites is 1. The van der Waals surface area contributed by atoms with Crippen LogP contribution in [0.15, 0.2) is 54.6 Å². The number of allylic oxidation sites excluding steroid dienone is 2. The van der Waals surface area contributed by atoms with Gasteiger partial charge in [-0.05, 0) is 54.5 Å². The zero-order valence-corrected chi connectivity index (χ0v) is 18.2. The predicted molar refractivity (Wildman–Crippen MR) is 122 cm³/mol. The molecule has 1 aliphatic heterocycles. The van der Waals surface area contributed by atoms with E-state index in [0.29, 0.717) is 17.7 Å². The van der Waals surface area contributed by atoms with Crippen molar-refractivity contribution in [3.8, 4) is 0 Å². The maximum absolute atomic E-state index is 13.1. The number of amides is 3. The molecule has 0 spiro atoms. The molecule has 160 valence electrons.